The lowest BCUT2D eigenvalue weighted by Crippen LogP contribution is -2.39. The van der Waals surface area contributed by atoms with E-state index >= 15 is 0 Å². The first-order chi connectivity index (χ1) is 6.09. The Morgan fingerprint density at radius 3 is 2.46 bits per heavy atom. The zero-order valence-electron chi connectivity index (χ0n) is 9.71. The van der Waals surface area contributed by atoms with Crippen molar-refractivity contribution in [1.82, 2.24) is 4.90 Å². The summed E-state index contributed by atoms with van der Waals surface area (Å²) >= 11 is 0. The summed E-state index contributed by atoms with van der Waals surface area (Å²) in [7, 11) is 0. The van der Waals surface area contributed by atoms with Gasteiger partial charge in [-0.05, 0) is 37.1 Å². The number of piperidine rings is 1. The van der Waals surface area contributed by atoms with Crippen molar-refractivity contribution in [1.29, 1.82) is 0 Å². The van der Waals surface area contributed by atoms with Crippen LogP contribution in [0.5, 0.6) is 0 Å². The Morgan fingerprint density at radius 1 is 1.23 bits per heavy atom. The molecular formula is C12H25N. The second-order valence-electron chi connectivity index (χ2n) is 5.30. The SMILES string of the molecule is CC(C)CN1CCCC(C(C)C)C1. The van der Waals surface area contributed by atoms with E-state index in [9.17, 15) is 0 Å². The van der Waals surface area contributed by atoms with Gasteiger partial charge in [0.2, 0.25) is 0 Å². The van der Waals surface area contributed by atoms with Gasteiger partial charge in [-0.1, -0.05) is 27.7 Å². The Hall–Kier alpha value is -0.0400. The van der Waals surface area contributed by atoms with E-state index in [-0.39, 0.29) is 0 Å². The van der Waals surface area contributed by atoms with Gasteiger partial charge in [-0.15, -0.1) is 0 Å². The molecule has 1 rings (SSSR count). The fourth-order valence-electron chi connectivity index (χ4n) is 2.32. The van der Waals surface area contributed by atoms with Crippen LogP contribution in [0.3, 0.4) is 0 Å². The maximum atomic E-state index is 2.65. The van der Waals surface area contributed by atoms with Gasteiger partial charge in [-0.2, -0.15) is 0 Å². The molecule has 0 saturated carbocycles. The third kappa shape index (κ3) is 3.68. The summed E-state index contributed by atoms with van der Waals surface area (Å²) in [6, 6.07) is 0. The van der Waals surface area contributed by atoms with Crippen LogP contribution in [-0.4, -0.2) is 24.5 Å². The van der Waals surface area contributed by atoms with Crippen molar-refractivity contribution in [2.45, 2.75) is 40.5 Å². The minimum Gasteiger partial charge on any atom is -0.303 e. The average molecular weight is 183 g/mol. The highest BCUT2D eigenvalue weighted by Crippen LogP contribution is 2.23. The number of likely N-dealkylation sites (tertiary alicyclic amines) is 1. The van der Waals surface area contributed by atoms with Crippen LogP contribution in [0.2, 0.25) is 0 Å². The number of hydrogen-bond acceptors (Lipinski definition) is 1. The standard InChI is InChI=1S/C12H25N/c1-10(2)8-13-7-5-6-12(9-13)11(3)4/h10-12H,5-9H2,1-4H3. The Bertz CT molecular complexity index is 140. The summed E-state index contributed by atoms with van der Waals surface area (Å²) in [6.45, 7) is 13.3. The van der Waals surface area contributed by atoms with E-state index in [0.29, 0.717) is 0 Å². The number of hydrogen-bond donors (Lipinski definition) is 0. The van der Waals surface area contributed by atoms with Crippen molar-refractivity contribution < 1.29 is 0 Å². The lowest BCUT2D eigenvalue weighted by Gasteiger charge is -2.35. The molecule has 1 nitrogen and oxygen atoms in total. The van der Waals surface area contributed by atoms with Gasteiger partial charge in [0.15, 0.2) is 0 Å². The molecule has 1 saturated heterocycles. The lowest BCUT2D eigenvalue weighted by atomic mass is 9.87. The van der Waals surface area contributed by atoms with Gasteiger partial charge in [-0.3, -0.25) is 0 Å². The lowest BCUT2D eigenvalue weighted by molar-refractivity contribution is 0.133. The molecule has 0 radical (unpaired) electrons. The second kappa shape index (κ2) is 4.99. The van der Waals surface area contributed by atoms with Gasteiger partial charge in [0, 0.05) is 13.1 Å². The first-order valence-corrected chi connectivity index (χ1v) is 5.82. The highest BCUT2D eigenvalue weighted by atomic mass is 15.1. The van der Waals surface area contributed by atoms with Gasteiger partial charge in [0.1, 0.15) is 0 Å². The zero-order chi connectivity index (χ0) is 9.84. The molecule has 0 spiro atoms. The molecule has 1 aliphatic rings. The third-order valence-corrected chi connectivity index (χ3v) is 3.11. The second-order valence-corrected chi connectivity index (χ2v) is 5.30. The third-order valence-electron chi connectivity index (χ3n) is 3.11. The van der Waals surface area contributed by atoms with Gasteiger partial charge < -0.3 is 4.90 Å². The van der Waals surface area contributed by atoms with E-state index in [4.69, 9.17) is 0 Å². The van der Waals surface area contributed by atoms with Gasteiger partial charge >= 0.3 is 0 Å². The van der Waals surface area contributed by atoms with Crippen LogP contribution in [0.15, 0.2) is 0 Å². The Labute approximate surface area is 83.5 Å². The van der Waals surface area contributed by atoms with Crippen molar-refractivity contribution >= 4 is 0 Å². The molecule has 0 bridgehead atoms. The zero-order valence-corrected chi connectivity index (χ0v) is 9.71. The molecule has 1 aliphatic heterocycles. The molecule has 0 N–H and O–H groups in total. The summed E-state index contributed by atoms with van der Waals surface area (Å²) in [5.74, 6) is 2.65. The molecule has 1 heteroatoms. The van der Waals surface area contributed by atoms with E-state index in [1.165, 1.54) is 32.5 Å². The molecule has 1 heterocycles. The van der Waals surface area contributed by atoms with Crippen LogP contribution < -0.4 is 0 Å². The fourth-order valence-corrected chi connectivity index (χ4v) is 2.32. The minimum atomic E-state index is 0.825. The summed E-state index contributed by atoms with van der Waals surface area (Å²) in [4.78, 5) is 2.65. The summed E-state index contributed by atoms with van der Waals surface area (Å²) in [6.07, 6.45) is 2.86. The Morgan fingerprint density at radius 2 is 1.92 bits per heavy atom. The van der Waals surface area contributed by atoms with Gasteiger partial charge in [-0.25, -0.2) is 0 Å². The first-order valence-electron chi connectivity index (χ1n) is 5.82. The largest absolute Gasteiger partial charge is 0.303 e. The monoisotopic (exact) mass is 183 g/mol. The molecule has 78 valence electrons. The molecule has 1 fully saturated rings. The minimum absolute atomic E-state index is 0.825. The van der Waals surface area contributed by atoms with Crippen LogP contribution in [-0.2, 0) is 0 Å². The molecule has 0 aromatic rings. The van der Waals surface area contributed by atoms with Crippen molar-refractivity contribution in [2.75, 3.05) is 19.6 Å². The van der Waals surface area contributed by atoms with Crippen molar-refractivity contribution in [3.63, 3.8) is 0 Å². The molecule has 0 aromatic heterocycles. The molecule has 0 aromatic carbocycles. The van der Waals surface area contributed by atoms with Gasteiger partial charge in [0.05, 0.1) is 0 Å². The van der Waals surface area contributed by atoms with Crippen molar-refractivity contribution in [3.8, 4) is 0 Å². The highest BCUT2D eigenvalue weighted by Gasteiger charge is 2.22. The quantitative estimate of drug-likeness (QED) is 0.650. The van der Waals surface area contributed by atoms with Gasteiger partial charge in [0.25, 0.3) is 0 Å². The van der Waals surface area contributed by atoms with Crippen LogP contribution >= 0.6 is 0 Å². The normalized spacial score (nSPS) is 25.8. The molecular weight excluding hydrogens is 158 g/mol. The Balaban J connectivity index is 2.33. The molecule has 0 amide bonds. The maximum absolute atomic E-state index is 2.65. The van der Waals surface area contributed by atoms with Crippen LogP contribution in [0, 0.1) is 17.8 Å². The maximum Gasteiger partial charge on any atom is 0.00122 e. The fraction of sp³-hybridized carbons (Fsp3) is 1.00. The smallest absolute Gasteiger partial charge is 0.00122 e. The van der Waals surface area contributed by atoms with Crippen LogP contribution in [0.1, 0.15) is 40.5 Å². The van der Waals surface area contributed by atoms with E-state index in [1.807, 2.05) is 0 Å². The van der Waals surface area contributed by atoms with Crippen molar-refractivity contribution in [3.05, 3.63) is 0 Å². The molecule has 1 unspecified atom stereocenters. The topological polar surface area (TPSA) is 3.24 Å². The summed E-state index contributed by atoms with van der Waals surface area (Å²) in [5.41, 5.74) is 0. The van der Waals surface area contributed by atoms with E-state index in [0.717, 1.165) is 17.8 Å². The average Bonchev–Trinajstić information content (AvgIpc) is 2.03. The van der Waals surface area contributed by atoms with Crippen LogP contribution in [0.4, 0.5) is 0 Å². The van der Waals surface area contributed by atoms with Crippen LogP contribution in [0.25, 0.3) is 0 Å². The van der Waals surface area contributed by atoms with E-state index in [2.05, 4.69) is 32.6 Å². The van der Waals surface area contributed by atoms with Crippen molar-refractivity contribution in [2.24, 2.45) is 17.8 Å². The molecule has 1 atom stereocenters. The predicted molar refractivity (Wildman–Crippen MR) is 58.8 cm³/mol. The first kappa shape index (κ1) is 11.0. The summed E-state index contributed by atoms with van der Waals surface area (Å²) in [5, 5.41) is 0. The highest BCUT2D eigenvalue weighted by molar-refractivity contribution is 4.75. The molecule has 0 aliphatic carbocycles. The number of nitrogens with zero attached hydrogens (tertiary/aromatic N) is 1. The summed E-state index contributed by atoms with van der Waals surface area (Å²) < 4.78 is 0. The Kier molecular flexibility index (Phi) is 4.24. The van der Waals surface area contributed by atoms with E-state index in [1.54, 1.807) is 0 Å². The van der Waals surface area contributed by atoms with E-state index < -0.39 is 0 Å². The number of rotatable bonds is 3. The molecule has 13 heavy (non-hydrogen) atoms. The predicted octanol–water partition coefficient (Wildman–Crippen LogP) is 3.01.